The van der Waals surface area contributed by atoms with Crippen molar-refractivity contribution in [2.24, 2.45) is 0 Å². The monoisotopic (exact) mass is 359 g/mol. The number of hydrogen-bond acceptors (Lipinski definition) is 2. The SMILES string of the molecule is CCN(C(=O)c1ccn(-c2cccc(F)c2)n1)c1cccc2ccccc12. The molecule has 0 saturated carbocycles. The first-order valence-corrected chi connectivity index (χ1v) is 8.78. The molecule has 0 fully saturated rings. The van der Waals surface area contributed by atoms with Crippen LogP contribution in [0.2, 0.25) is 0 Å². The van der Waals surface area contributed by atoms with Crippen LogP contribution in [0.25, 0.3) is 16.5 Å². The zero-order chi connectivity index (χ0) is 18.8. The number of aromatic nitrogens is 2. The van der Waals surface area contributed by atoms with Crippen molar-refractivity contribution in [1.82, 2.24) is 9.78 Å². The molecule has 0 spiro atoms. The zero-order valence-electron chi connectivity index (χ0n) is 14.8. The van der Waals surface area contributed by atoms with Crippen LogP contribution in [0.3, 0.4) is 0 Å². The predicted octanol–water partition coefficient (Wildman–Crippen LogP) is 4.83. The first kappa shape index (κ1) is 17.0. The molecular weight excluding hydrogens is 341 g/mol. The minimum atomic E-state index is -0.346. The van der Waals surface area contributed by atoms with Crippen LogP contribution in [0.5, 0.6) is 0 Å². The number of benzene rings is 3. The fourth-order valence-electron chi connectivity index (χ4n) is 3.21. The molecule has 0 aliphatic carbocycles. The van der Waals surface area contributed by atoms with Gasteiger partial charge in [0.05, 0.1) is 11.4 Å². The van der Waals surface area contributed by atoms with Gasteiger partial charge in [0.2, 0.25) is 0 Å². The molecule has 1 aromatic heterocycles. The number of rotatable bonds is 4. The van der Waals surface area contributed by atoms with Gasteiger partial charge in [0.15, 0.2) is 5.69 Å². The number of anilines is 1. The van der Waals surface area contributed by atoms with E-state index in [0.717, 1.165) is 16.5 Å². The summed E-state index contributed by atoms with van der Waals surface area (Å²) in [6, 6.07) is 21.6. The molecule has 0 aliphatic heterocycles. The van der Waals surface area contributed by atoms with E-state index in [0.29, 0.717) is 17.9 Å². The Balaban J connectivity index is 1.71. The number of hydrogen-bond donors (Lipinski definition) is 0. The van der Waals surface area contributed by atoms with E-state index in [2.05, 4.69) is 5.10 Å². The van der Waals surface area contributed by atoms with E-state index in [-0.39, 0.29) is 11.7 Å². The number of halogens is 1. The maximum atomic E-state index is 13.5. The number of amides is 1. The van der Waals surface area contributed by atoms with Gasteiger partial charge in [-0.25, -0.2) is 9.07 Å². The highest BCUT2D eigenvalue weighted by Gasteiger charge is 2.20. The third-order valence-corrected chi connectivity index (χ3v) is 4.50. The van der Waals surface area contributed by atoms with E-state index in [1.807, 2.05) is 49.4 Å². The van der Waals surface area contributed by atoms with Crippen LogP contribution in [0.1, 0.15) is 17.4 Å². The molecule has 0 unspecified atom stereocenters. The minimum Gasteiger partial charge on any atom is -0.307 e. The molecule has 0 aliphatic rings. The normalized spacial score (nSPS) is 10.9. The second-order valence-electron chi connectivity index (χ2n) is 6.17. The molecule has 0 N–H and O–H groups in total. The van der Waals surface area contributed by atoms with Crippen molar-refractivity contribution in [3.05, 3.63) is 90.5 Å². The lowest BCUT2D eigenvalue weighted by atomic mass is 10.1. The summed E-state index contributed by atoms with van der Waals surface area (Å²) in [4.78, 5) is 14.8. The molecule has 0 atom stereocenters. The molecule has 1 heterocycles. The first-order valence-electron chi connectivity index (χ1n) is 8.78. The van der Waals surface area contributed by atoms with E-state index in [9.17, 15) is 9.18 Å². The van der Waals surface area contributed by atoms with Gasteiger partial charge in [-0.1, -0.05) is 42.5 Å². The molecule has 27 heavy (non-hydrogen) atoms. The molecule has 4 aromatic rings. The minimum absolute atomic E-state index is 0.191. The van der Waals surface area contributed by atoms with Crippen LogP contribution >= 0.6 is 0 Å². The highest BCUT2D eigenvalue weighted by atomic mass is 19.1. The molecule has 0 bridgehead atoms. The lowest BCUT2D eigenvalue weighted by molar-refractivity contribution is 0.0983. The first-order chi connectivity index (χ1) is 13.2. The Labute approximate surface area is 156 Å². The van der Waals surface area contributed by atoms with Crippen molar-refractivity contribution in [3.8, 4) is 5.69 Å². The third-order valence-electron chi connectivity index (χ3n) is 4.50. The maximum absolute atomic E-state index is 13.5. The Morgan fingerprint density at radius 1 is 1.04 bits per heavy atom. The summed E-state index contributed by atoms with van der Waals surface area (Å²) in [5, 5.41) is 6.44. The Morgan fingerprint density at radius 2 is 1.81 bits per heavy atom. The van der Waals surface area contributed by atoms with Gasteiger partial charge in [0, 0.05) is 18.1 Å². The molecule has 1 amide bonds. The molecule has 0 saturated heterocycles. The lowest BCUT2D eigenvalue weighted by Gasteiger charge is -2.22. The van der Waals surface area contributed by atoms with Gasteiger partial charge in [-0.15, -0.1) is 0 Å². The summed E-state index contributed by atoms with van der Waals surface area (Å²) in [6.45, 7) is 2.45. The molecule has 4 nitrogen and oxygen atoms in total. The van der Waals surface area contributed by atoms with Gasteiger partial charge < -0.3 is 4.90 Å². The van der Waals surface area contributed by atoms with Gasteiger partial charge in [0.1, 0.15) is 5.82 Å². The van der Waals surface area contributed by atoms with Crippen molar-refractivity contribution in [1.29, 1.82) is 0 Å². The van der Waals surface area contributed by atoms with E-state index in [1.54, 1.807) is 29.3 Å². The van der Waals surface area contributed by atoms with Crippen LogP contribution in [-0.4, -0.2) is 22.2 Å². The third kappa shape index (κ3) is 3.19. The number of fused-ring (bicyclic) bond motifs is 1. The summed E-state index contributed by atoms with van der Waals surface area (Å²) in [5.74, 6) is -0.536. The van der Waals surface area contributed by atoms with E-state index in [4.69, 9.17) is 0 Å². The van der Waals surface area contributed by atoms with Crippen LogP contribution in [0.15, 0.2) is 79.0 Å². The van der Waals surface area contributed by atoms with Crippen molar-refractivity contribution in [2.45, 2.75) is 6.92 Å². The van der Waals surface area contributed by atoms with Crippen molar-refractivity contribution in [3.63, 3.8) is 0 Å². The van der Waals surface area contributed by atoms with Gasteiger partial charge in [-0.2, -0.15) is 5.10 Å². The van der Waals surface area contributed by atoms with Crippen molar-refractivity contribution in [2.75, 3.05) is 11.4 Å². The summed E-state index contributed by atoms with van der Waals surface area (Å²) in [6.07, 6.45) is 1.67. The second-order valence-corrected chi connectivity index (χ2v) is 6.17. The van der Waals surface area contributed by atoms with Crippen molar-refractivity contribution < 1.29 is 9.18 Å². The lowest BCUT2D eigenvalue weighted by Crippen LogP contribution is -2.31. The number of carbonyl (C=O) groups is 1. The molecule has 3 aromatic carbocycles. The fourth-order valence-corrected chi connectivity index (χ4v) is 3.21. The smallest absolute Gasteiger partial charge is 0.278 e. The summed E-state index contributed by atoms with van der Waals surface area (Å²) < 4.78 is 15.0. The number of nitrogens with zero attached hydrogens (tertiary/aromatic N) is 3. The number of carbonyl (C=O) groups excluding carboxylic acids is 1. The van der Waals surface area contributed by atoms with E-state index in [1.165, 1.54) is 16.8 Å². The summed E-state index contributed by atoms with van der Waals surface area (Å²) >= 11 is 0. The average molecular weight is 359 g/mol. The topological polar surface area (TPSA) is 38.1 Å². The largest absolute Gasteiger partial charge is 0.307 e. The predicted molar refractivity (Wildman–Crippen MR) is 105 cm³/mol. The van der Waals surface area contributed by atoms with Crippen molar-refractivity contribution >= 4 is 22.4 Å². The van der Waals surface area contributed by atoms with Gasteiger partial charge in [-0.3, -0.25) is 4.79 Å². The molecule has 0 radical (unpaired) electrons. The Bertz CT molecular complexity index is 1110. The van der Waals surface area contributed by atoms with Crippen LogP contribution in [0, 0.1) is 5.82 Å². The maximum Gasteiger partial charge on any atom is 0.278 e. The zero-order valence-corrected chi connectivity index (χ0v) is 14.8. The summed E-state index contributed by atoms with van der Waals surface area (Å²) in [5.41, 5.74) is 1.73. The van der Waals surface area contributed by atoms with Crippen LogP contribution < -0.4 is 4.90 Å². The van der Waals surface area contributed by atoms with Gasteiger partial charge in [-0.05, 0) is 42.6 Å². The summed E-state index contributed by atoms with van der Waals surface area (Å²) in [7, 11) is 0. The van der Waals surface area contributed by atoms with Gasteiger partial charge >= 0.3 is 0 Å². The fraction of sp³-hybridized carbons (Fsp3) is 0.0909. The van der Waals surface area contributed by atoms with Crippen LogP contribution in [-0.2, 0) is 0 Å². The average Bonchev–Trinajstić information content (AvgIpc) is 3.19. The molecule has 4 rings (SSSR count). The highest BCUT2D eigenvalue weighted by molar-refractivity contribution is 6.09. The van der Waals surface area contributed by atoms with Crippen LogP contribution in [0.4, 0.5) is 10.1 Å². The quantitative estimate of drug-likeness (QED) is 0.523. The molecule has 5 heteroatoms. The Morgan fingerprint density at radius 3 is 2.63 bits per heavy atom. The highest BCUT2D eigenvalue weighted by Crippen LogP contribution is 2.27. The van der Waals surface area contributed by atoms with E-state index >= 15 is 0 Å². The molecular formula is C22H18FN3O. The Kier molecular flexibility index (Phi) is 4.42. The van der Waals surface area contributed by atoms with Gasteiger partial charge in [0.25, 0.3) is 5.91 Å². The second kappa shape index (κ2) is 7.03. The standard InChI is InChI=1S/C22H18FN3O/c1-2-25(21-12-5-8-16-7-3-4-11-19(16)21)22(27)20-13-14-26(24-20)18-10-6-9-17(23)15-18/h3-15H,2H2,1H3. The van der Waals surface area contributed by atoms with E-state index < -0.39 is 0 Å². The Hall–Kier alpha value is -3.47. The molecule has 134 valence electrons.